The lowest BCUT2D eigenvalue weighted by Crippen LogP contribution is -2.10. The van der Waals surface area contributed by atoms with Gasteiger partial charge in [-0.05, 0) is 5.92 Å². The first-order valence-electron chi connectivity index (χ1n) is 3.89. The van der Waals surface area contributed by atoms with Crippen LogP contribution in [0.2, 0.25) is 4.05 Å². The highest BCUT2D eigenvalue weighted by Crippen LogP contribution is 2.32. The van der Waals surface area contributed by atoms with Gasteiger partial charge in [0.1, 0.15) is 0 Å². The van der Waals surface area contributed by atoms with Crippen LogP contribution in [0.4, 0.5) is 0 Å². The van der Waals surface area contributed by atoms with Crippen LogP contribution < -0.4 is 0 Å². The molecule has 0 amide bonds. The van der Waals surface area contributed by atoms with Crippen molar-refractivity contribution in [2.75, 3.05) is 0 Å². The van der Waals surface area contributed by atoms with Crippen molar-refractivity contribution in [3.63, 3.8) is 0 Å². The van der Waals surface area contributed by atoms with Crippen LogP contribution >= 0.6 is 18.9 Å². The van der Waals surface area contributed by atoms with E-state index in [9.17, 15) is 0 Å². The molecular weight excluding hydrogens is 235 g/mol. The Morgan fingerprint density at radius 1 is 1.44 bits per heavy atom. The summed E-state index contributed by atoms with van der Waals surface area (Å²) < 4.78 is 1.19. The highest BCUT2D eigenvalue weighted by Gasteiger charge is 2.18. The summed E-state index contributed by atoms with van der Waals surface area (Å²) in [6, 6.07) is 0. The molecule has 0 aromatic heterocycles. The van der Waals surface area contributed by atoms with Gasteiger partial charge in [0, 0.05) is 0 Å². The fourth-order valence-corrected chi connectivity index (χ4v) is 5.24. The van der Waals surface area contributed by atoms with E-state index in [1.54, 1.807) is 12.8 Å². The van der Waals surface area contributed by atoms with E-state index in [1.807, 2.05) is 0 Å². The number of hydrogen-bond donors (Lipinski definition) is 0. The van der Waals surface area contributed by atoms with Crippen molar-refractivity contribution in [3.8, 4) is 0 Å². The molecule has 0 nitrogen and oxygen atoms in total. The SMILES string of the molecule is CC1CCC[CH]([Mg][I])C1. The van der Waals surface area contributed by atoms with Crippen LogP contribution in [0.25, 0.3) is 0 Å². The molecule has 0 aromatic rings. The Kier molecular flexibility index (Phi) is 4.19. The zero-order chi connectivity index (χ0) is 6.69. The summed E-state index contributed by atoms with van der Waals surface area (Å²) >= 11 is 2.96. The molecule has 0 aliphatic heterocycles. The molecule has 0 saturated heterocycles. The first-order chi connectivity index (χ1) is 4.33. The van der Waals surface area contributed by atoms with E-state index in [0.717, 1.165) is 5.92 Å². The Labute approximate surface area is 77.3 Å². The van der Waals surface area contributed by atoms with Crippen molar-refractivity contribution in [3.05, 3.63) is 0 Å². The molecule has 9 heavy (non-hydrogen) atoms. The van der Waals surface area contributed by atoms with Crippen molar-refractivity contribution >= 4 is 35.3 Å². The van der Waals surface area contributed by atoms with Gasteiger partial charge in [0.05, 0.1) is 0 Å². The summed E-state index contributed by atoms with van der Waals surface area (Å²) in [5.74, 6) is 1.05. The summed E-state index contributed by atoms with van der Waals surface area (Å²) in [6.07, 6.45) is 6.12. The number of hydrogen-bond acceptors (Lipinski definition) is 0. The van der Waals surface area contributed by atoms with Crippen LogP contribution in [-0.4, -0.2) is 16.5 Å². The van der Waals surface area contributed by atoms with E-state index in [-0.39, 0.29) is 0 Å². The minimum atomic E-state index is 0.306. The largest absolute Gasteiger partial charge is 0.467 e. The molecule has 0 heterocycles. The molecule has 50 valence electrons. The Balaban J connectivity index is 2.23. The quantitative estimate of drug-likeness (QED) is 0.494. The summed E-state index contributed by atoms with van der Waals surface area (Å²) in [5.41, 5.74) is 0. The summed E-state index contributed by atoms with van der Waals surface area (Å²) in [4.78, 5) is 0. The normalized spacial score (nSPS) is 35.8. The van der Waals surface area contributed by atoms with E-state index in [2.05, 4.69) is 25.8 Å². The fraction of sp³-hybridized carbons (Fsp3) is 1.00. The standard InChI is InChI=1S/C7H13.HI.Mg/c1-7-5-3-2-4-6-7;;/h3,7H,2,4-6H2,1H3;1H;/q;;+1/p-1. The van der Waals surface area contributed by atoms with Crippen LogP contribution in [0.15, 0.2) is 0 Å². The third-order valence-electron chi connectivity index (χ3n) is 2.26. The minimum Gasteiger partial charge on any atom is -0.301 e. The van der Waals surface area contributed by atoms with Crippen molar-refractivity contribution in [2.45, 2.75) is 36.7 Å². The molecule has 0 N–H and O–H groups in total. The molecule has 2 unspecified atom stereocenters. The first-order valence-corrected chi connectivity index (χ1v) is 9.81. The zero-order valence-corrected chi connectivity index (χ0v) is 9.64. The molecule has 1 fully saturated rings. The average molecular weight is 248 g/mol. The van der Waals surface area contributed by atoms with Gasteiger partial charge < -0.3 is 18.9 Å². The van der Waals surface area contributed by atoms with Gasteiger partial charge in [-0.25, -0.2) is 0 Å². The maximum absolute atomic E-state index is 2.66. The van der Waals surface area contributed by atoms with E-state index >= 15 is 0 Å². The van der Waals surface area contributed by atoms with E-state index < -0.39 is 0 Å². The van der Waals surface area contributed by atoms with Gasteiger partial charge in [-0.1, -0.05) is 32.6 Å². The number of rotatable bonds is 1. The van der Waals surface area contributed by atoms with Crippen LogP contribution in [0.1, 0.15) is 32.6 Å². The molecule has 0 aromatic carbocycles. The van der Waals surface area contributed by atoms with Gasteiger partial charge >= 0.3 is 16.5 Å². The second kappa shape index (κ2) is 4.39. The Morgan fingerprint density at radius 3 is 2.67 bits per heavy atom. The second-order valence-electron chi connectivity index (χ2n) is 3.29. The summed E-state index contributed by atoms with van der Waals surface area (Å²) in [5, 5.41) is 0. The van der Waals surface area contributed by atoms with Crippen molar-refractivity contribution in [2.24, 2.45) is 5.92 Å². The molecule has 0 bridgehead atoms. The summed E-state index contributed by atoms with van der Waals surface area (Å²) in [6.45, 7) is 2.41. The lowest BCUT2D eigenvalue weighted by Gasteiger charge is -2.24. The topological polar surface area (TPSA) is 0 Å². The van der Waals surface area contributed by atoms with Gasteiger partial charge in [0.15, 0.2) is 0 Å². The molecule has 1 rings (SSSR count). The predicted octanol–water partition coefficient (Wildman–Crippen LogP) is 3.04. The van der Waals surface area contributed by atoms with Crippen LogP contribution in [-0.2, 0) is 0 Å². The van der Waals surface area contributed by atoms with Gasteiger partial charge in [-0.3, -0.25) is 0 Å². The molecule has 2 atom stereocenters. The van der Waals surface area contributed by atoms with Crippen molar-refractivity contribution in [1.29, 1.82) is 0 Å². The van der Waals surface area contributed by atoms with Gasteiger partial charge in [0.2, 0.25) is 0 Å². The van der Waals surface area contributed by atoms with Gasteiger partial charge in [-0.15, -0.1) is 4.05 Å². The predicted molar refractivity (Wildman–Crippen MR) is 51.2 cm³/mol. The Morgan fingerprint density at radius 2 is 2.22 bits per heavy atom. The molecular formula is C7H13IMg. The third-order valence-corrected chi connectivity index (χ3v) is 7.18. The van der Waals surface area contributed by atoms with E-state index in [4.69, 9.17) is 0 Å². The zero-order valence-electron chi connectivity index (χ0n) is 6.07. The Bertz CT molecular complexity index is 85.0. The van der Waals surface area contributed by atoms with Crippen molar-refractivity contribution in [1.82, 2.24) is 0 Å². The molecule has 2 heteroatoms. The first kappa shape index (κ1) is 8.59. The van der Waals surface area contributed by atoms with Crippen molar-refractivity contribution < 1.29 is 0 Å². The molecule has 1 aliphatic rings. The highest BCUT2D eigenvalue weighted by atomic mass is 127. The average Bonchev–Trinajstić information content (AvgIpc) is 1.88. The lowest BCUT2D eigenvalue weighted by atomic mass is 9.90. The van der Waals surface area contributed by atoms with Crippen LogP contribution in [0.3, 0.4) is 0 Å². The summed E-state index contributed by atoms with van der Waals surface area (Å²) in [7, 11) is 0. The van der Waals surface area contributed by atoms with Crippen LogP contribution in [0.5, 0.6) is 0 Å². The van der Waals surface area contributed by atoms with Crippen LogP contribution in [0, 0.1) is 5.92 Å². The highest BCUT2D eigenvalue weighted by molar-refractivity contribution is 14.1. The lowest BCUT2D eigenvalue weighted by molar-refractivity contribution is 0.385. The Hall–Kier alpha value is 1.50. The second-order valence-corrected chi connectivity index (χ2v) is 7.40. The monoisotopic (exact) mass is 248 g/mol. The van der Waals surface area contributed by atoms with Gasteiger partial charge in [0.25, 0.3) is 0 Å². The molecule has 0 radical (unpaired) electrons. The fourth-order valence-electron chi connectivity index (χ4n) is 1.70. The minimum absolute atomic E-state index is 0.306. The third kappa shape index (κ3) is 2.93. The smallest absolute Gasteiger partial charge is 0.301 e. The van der Waals surface area contributed by atoms with E-state index in [1.165, 1.54) is 16.9 Å². The molecule has 0 spiro atoms. The maximum Gasteiger partial charge on any atom is 0.467 e. The molecule has 1 aliphatic carbocycles. The number of halogens is 1. The molecule has 1 saturated carbocycles. The van der Waals surface area contributed by atoms with E-state index in [0.29, 0.717) is 16.5 Å². The van der Waals surface area contributed by atoms with Gasteiger partial charge in [-0.2, -0.15) is 0 Å². The maximum atomic E-state index is 2.66.